The molecule has 7 heteroatoms. The first kappa shape index (κ1) is 18.0. The normalized spacial score (nSPS) is 11.1. The summed E-state index contributed by atoms with van der Waals surface area (Å²) in [6, 6.07) is 1.85. The zero-order valence-corrected chi connectivity index (χ0v) is 15.5. The van der Waals surface area contributed by atoms with Crippen molar-refractivity contribution < 1.29 is 4.79 Å². The molecule has 0 N–H and O–H groups in total. The van der Waals surface area contributed by atoms with Gasteiger partial charge in [-0.25, -0.2) is 4.98 Å². The molecule has 0 aliphatic rings. The number of fused-ring (bicyclic) bond motifs is 1. The third-order valence-electron chi connectivity index (χ3n) is 3.69. The standard InChI is InChI=1S/C16H23N3O2S2/c1-4-7-9-18(5-2)13(20)11-23-16-17-12-8-10-22-14(12)15(21)19(16)6-3/h8,10H,4-7,9,11H2,1-3H3. The lowest BCUT2D eigenvalue weighted by molar-refractivity contribution is -0.128. The Labute approximate surface area is 144 Å². The molecule has 2 rings (SSSR count). The van der Waals surface area contributed by atoms with Crippen LogP contribution in [0.5, 0.6) is 0 Å². The van der Waals surface area contributed by atoms with E-state index in [9.17, 15) is 9.59 Å². The summed E-state index contributed by atoms with van der Waals surface area (Å²) in [5.41, 5.74) is 0.707. The van der Waals surface area contributed by atoms with E-state index in [0.717, 1.165) is 31.4 Å². The monoisotopic (exact) mass is 353 g/mol. The van der Waals surface area contributed by atoms with Gasteiger partial charge in [0.1, 0.15) is 4.70 Å². The maximum absolute atomic E-state index is 12.4. The van der Waals surface area contributed by atoms with Gasteiger partial charge < -0.3 is 4.90 Å². The van der Waals surface area contributed by atoms with Crippen LogP contribution in [0, 0.1) is 0 Å². The SMILES string of the molecule is CCCCN(CC)C(=O)CSc1nc2ccsc2c(=O)n1CC. The molecular formula is C16H23N3O2S2. The third kappa shape index (κ3) is 4.14. The van der Waals surface area contributed by atoms with E-state index in [1.54, 1.807) is 4.57 Å². The van der Waals surface area contributed by atoms with Crippen LogP contribution in [0.1, 0.15) is 33.6 Å². The zero-order chi connectivity index (χ0) is 16.8. The Kier molecular flexibility index (Phi) is 6.65. The molecule has 5 nitrogen and oxygen atoms in total. The van der Waals surface area contributed by atoms with Crippen molar-refractivity contribution in [3.63, 3.8) is 0 Å². The Morgan fingerprint density at radius 1 is 1.39 bits per heavy atom. The van der Waals surface area contributed by atoms with Crippen LogP contribution >= 0.6 is 23.1 Å². The summed E-state index contributed by atoms with van der Waals surface area (Å²) in [5, 5.41) is 2.51. The number of hydrogen-bond acceptors (Lipinski definition) is 5. The molecule has 23 heavy (non-hydrogen) atoms. The lowest BCUT2D eigenvalue weighted by Crippen LogP contribution is -2.33. The van der Waals surface area contributed by atoms with Gasteiger partial charge in [0.25, 0.3) is 5.56 Å². The smallest absolute Gasteiger partial charge is 0.272 e. The molecule has 0 bridgehead atoms. The Bertz CT molecular complexity index is 724. The molecular weight excluding hydrogens is 330 g/mol. The van der Waals surface area contributed by atoms with Crippen molar-refractivity contribution in [2.24, 2.45) is 0 Å². The minimum Gasteiger partial charge on any atom is -0.342 e. The summed E-state index contributed by atoms with van der Waals surface area (Å²) >= 11 is 2.77. The van der Waals surface area contributed by atoms with E-state index >= 15 is 0 Å². The predicted octanol–water partition coefficient (Wildman–Crippen LogP) is 3.22. The molecule has 0 aliphatic heterocycles. The molecule has 2 aromatic heterocycles. The van der Waals surface area contributed by atoms with E-state index in [0.29, 0.717) is 22.2 Å². The van der Waals surface area contributed by atoms with E-state index in [1.165, 1.54) is 23.1 Å². The minimum absolute atomic E-state index is 0.0132. The molecule has 0 saturated heterocycles. The van der Waals surface area contributed by atoms with E-state index < -0.39 is 0 Å². The fraction of sp³-hybridized carbons (Fsp3) is 0.562. The lowest BCUT2D eigenvalue weighted by atomic mass is 10.3. The number of amides is 1. The van der Waals surface area contributed by atoms with Gasteiger partial charge in [-0.1, -0.05) is 25.1 Å². The molecule has 0 saturated carbocycles. The summed E-state index contributed by atoms with van der Waals surface area (Å²) in [7, 11) is 0. The maximum Gasteiger partial charge on any atom is 0.272 e. The first-order chi connectivity index (χ1) is 11.1. The summed E-state index contributed by atoms with van der Waals surface area (Å²) in [5.74, 6) is 0.424. The van der Waals surface area contributed by atoms with Gasteiger partial charge in [-0.3, -0.25) is 14.2 Å². The number of thiophene rings is 1. The molecule has 0 spiro atoms. The van der Waals surface area contributed by atoms with E-state index in [-0.39, 0.29) is 11.5 Å². The molecule has 0 unspecified atom stereocenters. The predicted molar refractivity (Wildman–Crippen MR) is 97.4 cm³/mol. The fourth-order valence-electron chi connectivity index (χ4n) is 2.34. The molecule has 2 aromatic rings. The van der Waals surface area contributed by atoms with Crippen LogP contribution < -0.4 is 5.56 Å². The van der Waals surface area contributed by atoms with Crippen LogP contribution in [0.3, 0.4) is 0 Å². The topological polar surface area (TPSA) is 55.2 Å². The molecule has 0 aliphatic carbocycles. The molecule has 0 aromatic carbocycles. The van der Waals surface area contributed by atoms with E-state index in [1.807, 2.05) is 30.2 Å². The number of nitrogens with zero attached hydrogens (tertiary/aromatic N) is 3. The van der Waals surface area contributed by atoms with Crippen molar-refractivity contribution in [2.75, 3.05) is 18.8 Å². The number of carbonyl (C=O) groups excluding carboxylic acids is 1. The summed E-state index contributed by atoms with van der Waals surface area (Å²) in [4.78, 5) is 31.2. The average Bonchev–Trinajstić information content (AvgIpc) is 3.02. The highest BCUT2D eigenvalue weighted by atomic mass is 32.2. The second kappa shape index (κ2) is 8.49. The molecule has 0 atom stereocenters. The van der Waals surface area contributed by atoms with Crippen molar-refractivity contribution in [3.05, 3.63) is 21.8 Å². The molecule has 0 fully saturated rings. The second-order valence-corrected chi connectivity index (χ2v) is 7.05. The van der Waals surface area contributed by atoms with Gasteiger partial charge in [0.05, 0.1) is 11.3 Å². The van der Waals surface area contributed by atoms with Crippen molar-refractivity contribution in [3.8, 4) is 0 Å². The second-order valence-electron chi connectivity index (χ2n) is 5.19. The minimum atomic E-state index is -0.0132. The van der Waals surface area contributed by atoms with Gasteiger partial charge in [0.15, 0.2) is 5.16 Å². The molecule has 0 radical (unpaired) electrons. The van der Waals surface area contributed by atoms with E-state index in [4.69, 9.17) is 0 Å². The van der Waals surface area contributed by atoms with Gasteiger partial charge >= 0.3 is 0 Å². The zero-order valence-electron chi connectivity index (χ0n) is 13.9. The molecule has 2 heterocycles. The largest absolute Gasteiger partial charge is 0.342 e. The van der Waals surface area contributed by atoms with Gasteiger partial charge in [0.2, 0.25) is 5.91 Å². The van der Waals surface area contributed by atoms with Crippen LogP contribution in [0.4, 0.5) is 0 Å². The highest BCUT2D eigenvalue weighted by Crippen LogP contribution is 2.21. The van der Waals surface area contributed by atoms with Crippen molar-refractivity contribution in [2.45, 2.75) is 45.3 Å². The third-order valence-corrected chi connectivity index (χ3v) is 5.54. The highest BCUT2D eigenvalue weighted by molar-refractivity contribution is 7.99. The fourth-order valence-corrected chi connectivity index (χ4v) is 4.08. The summed E-state index contributed by atoms with van der Waals surface area (Å²) in [6.07, 6.45) is 2.09. The number of thioether (sulfide) groups is 1. The number of carbonyl (C=O) groups is 1. The van der Waals surface area contributed by atoms with Crippen molar-refractivity contribution in [1.29, 1.82) is 0 Å². The maximum atomic E-state index is 12.4. The van der Waals surface area contributed by atoms with Crippen LogP contribution in [-0.4, -0.2) is 39.2 Å². The number of unbranched alkanes of at least 4 members (excludes halogenated alkanes) is 1. The van der Waals surface area contributed by atoms with Gasteiger partial charge in [-0.05, 0) is 31.7 Å². The Morgan fingerprint density at radius 3 is 2.83 bits per heavy atom. The summed E-state index contributed by atoms with van der Waals surface area (Å²) in [6.45, 7) is 8.11. The summed E-state index contributed by atoms with van der Waals surface area (Å²) < 4.78 is 2.33. The Morgan fingerprint density at radius 2 is 2.17 bits per heavy atom. The molecule has 126 valence electrons. The number of aromatic nitrogens is 2. The first-order valence-corrected chi connectivity index (χ1v) is 9.87. The van der Waals surface area contributed by atoms with Crippen molar-refractivity contribution >= 4 is 39.2 Å². The van der Waals surface area contributed by atoms with Crippen LogP contribution in [-0.2, 0) is 11.3 Å². The van der Waals surface area contributed by atoms with Gasteiger partial charge in [-0.15, -0.1) is 11.3 Å². The number of hydrogen-bond donors (Lipinski definition) is 0. The average molecular weight is 354 g/mol. The molecule has 1 amide bonds. The Hall–Kier alpha value is -1.34. The van der Waals surface area contributed by atoms with Crippen molar-refractivity contribution in [1.82, 2.24) is 14.5 Å². The quantitative estimate of drug-likeness (QED) is 0.540. The Balaban J connectivity index is 2.15. The highest BCUT2D eigenvalue weighted by Gasteiger charge is 2.15. The number of rotatable bonds is 8. The lowest BCUT2D eigenvalue weighted by Gasteiger charge is -2.20. The van der Waals surface area contributed by atoms with Crippen LogP contribution in [0.15, 0.2) is 21.4 Å². The van der Waals surface area contributed by atoms with Gasteiger partial charge in [0, 0.05) is 19.6 Å². The van der Waals surface area contributed by atoms with Crippen LogP contribution in [0.25, 0.3) is 10.2 Å². The first-order valence-electron chi connectivity index (χ1n) is 8.00. The van der Waals surface area contributed by atoms with Crippen LogP contribution in [0.2, 0.25) is 0 Å². The van der Waals surface area contributed by atoms with Gasteiger partial charge in [-0.2, -0.15) is 0 Å². The van der Waals surface area contributed by atoms with E-state index in [2.05, 4.69) is 11.9 Å².